The van der Waals surface area contributed by atoms with Crippen LogP contribution in [0.15, 0.2) is 40.5 Å². The number of carboxylic acid groups (broad SMARTS) is 1. The molecule has 98 valence electrons. The van der Waals surface area contributed by atoms with Gasteiger partial charge in [0.05, 0.1) is 12.1 Å². The molecule has 1 aromatic heterocycles. The molecule has 4 nitrogen and oxygen atoms in total. The Hall–Kier alpha value is -1.95. The number of aryl methyl sites for hydroxylation is 1. The van der Waals surface area contributed by atoms with Gasteiger partial charge >= 0.3 is 5.97 Å². The Balaban J connectivity index is 2.15. The van der Waals surface area contributed by atoms with E-state index in [1.165, 1.54) is 18.1 Å². The van der Waals surface area contributed by atoms with Gasteiger partial charge in [0.25, 0.3) is 0 Å². The largest absolute Gasteiger partial charge is 0.481 e. The Kier molecular flexibility index (Phi) is 4.11. The molecule has 2 aromatic rings. The van der Waals surface area contributed by atoms with Gasteiger partial charge < -0.3 is 5.11 Å². The van der Waals surface area contributed by atoms with E-state index < -0.39 is 11.8 Å². The molecule has 0 radical (unpaired) electrons. The number of hydrogen-bond acceptors (Lipinski definition) is 4. The molecule has 0 bridgehead atoms. The first-order valence-electron chi connectivity index (χ1n) is 5.52. The molecule has 0 atom stereocenters. The highest BCUT2D eigenvalue weighted by atomic mass is 32.2. The van der Waals surface area contributed by atoms with Gasteiger partial charge in [0, 0.05) is 4.90 Å². The predicted octanol–water partition coefficient (Wildman–Crippen LogP) is 2.70. The monoisotopic (exact) mass is 278 g/mol. The second-order valence-electron chi connectivity index (χ2n) is 3.89. The van der Waals surface area contributed by atoms with Gasteiger partial charge in [-0.05, 0) is 24.6 Å². The lowest BCUT2D eigenvalue weighted by atomic mass is 10.2. The molecule has 0 fully saturated rings. The first kappa shape index (κ1) is 13.5. The van der Waals surface area contributed by atoms with Crippen molar-refractivity contribution in [1.29, 1.82) is 0 Å². The van der Waals surface area contributed by atoms with Crippen molar-refractivity contribution in [2.45, 2.75) is 23.3 Å². The van der Waals surface area contributed by atoms with Crippen molar-refractivity contribution in [3.63, 3.8) is 0 Å². The van der Waals surface area contributed by atoms with E-state index in [4.69, 9.17) is 5.11 Å². The lowest BCUT2D eigenvalue weighted by Gasteiger charge is -2.04. The van der Waals surface area contributed by atoms with Crippen LogP contribution in [0.3, 0.4) is 0 Å². The van der Waals surface area contributed by atoms with Gasteiger partial charge in [0.1, 0.15) is 11.4 Å². The number of halogens is 1. The van der Waals surface area contributed by atoms with Crippen LogP contribution in [0.4, 0.5) is 4.39 Å². The molecule has 1 heterocycles. The Morgan fingerprint density at radius 2 is 2.00 bits per heavy atom. The highest BCUT2D eigenvalue weighted by Gasteiger charge is 2.09. The van der Waals surface area contributed by atoms with Crippen LogP contribution in [0, 0.1) is 12.7 Å². The van der Waals surface area contributed by atoms with Crippen LogP contribution >= 0.6 is 11.8 Å². The Morgan fingerprint density at radius 3 is 2.63 bits per heavy atom. The molecule has 6 heteroatoms. The quantitative estimate of drug-likeness (QED) is 0.871. The van der Waals surface area contributed by atoms with Crippen molar-refractivity contribution < 1.29 is 14.3 Å². The smallest absolute Gasteiger partial charge is 0.307 e. The minimum Gasteiger partial charge on any atom is -0.481 e. The number of aromatic nitrogens is 2. The number of benzene rings is 1. The summed E-state index contributed by atoms with van der Waals surface area (Å²) in [5.41, 5.74) is 1.01. The topological polar surface area (TPSA) is 63.1 Å². The van der Waals surface area contributed by atoms with Crippen LogP contribution < -0.4 is 0 Å². The van der Waals surface area contributed by atoms with E-state index in [1.807, 2.05) is 0 Å². The summed E-state index contributed by atoms with van der Waals surface area (Å²) in [6, 6.07) is 6.92. The maximum atomic E-state index is 13.7. The van der Waals surface area contributed by atoms with E-state index in [0.717, 1.165) is 4.90 Å². The maximum absolute atomic E-state index is 13.7. The van der Waals surface area contributed by atoms with Crippen molar-refractivity contribution in [3.8, 4) is 0 Å². The van der Waals surface area contributed by atoms with Gasteiger partial charge in [0.2, 0.25) is 0 Å². The molecule has 1 aromatic carbocycles. The van der Waals surface area contributed by atoms with Gasteiger partial charge in [-0.25, -0.2) is 14.4 Å². The van der Waals surface area contributed by atoms with E-state index in [1.54, 1.807) is 31.2 Å². The fourth-order valence-corrected chi connectivity index (χ4v) is 2.30. The second-order valence-corrected chi connectivity index (χ2v) is 4.96. The molecule has 0 unspecified atom stereocenters. The van der Waals surface area contributed by atoms with Crippen LogP contribution in [0.5, 0.6) is 0 Å². The number of carbonyl (C=O) groups is 1. The van der Waals surface area contributed by atoms with Crippen molar-refractivity contribution in [1.82, 2.24) is 9.97 Å². The Bertz CT molecular complexity index is 602. The average molecular weight is 278 g/mol. The van der Waals surface area contributed by atoms with Gasteiger partial charge in [-0.2, -0.15) is 0 Å². The summed E-state index contributed by atoms with van der Waals surface area (Å²) in [7, 11) is 0. The number of aliphatic carboxylic acids is 1. The van der Waals surface area contributed by atoms with Crippen LogP contribution in [-0.2, 0) is 11.2 Å². The Morgan fingerprint density at radius 1 is 1.32 bits per heavy atom. The fourth-order valence-electron chi connectivity index (χ4n) is 1.47. The number of rotatable bonds is 4. The zero-order valence-corrected chi connectivity index (χ0v) is 10.9. The lowest BCUT2D eigenvalue weighted by molar-refractivity contribution is -0.136. The zero-order chi connectivity index (χ0) is 13.8. The molecule has 1 N–H and O–H groups in total. The first-order valence-corrected chi connectivity index (χ1v) is 6.33. The molecule has 0 aliphatic heterocycles. The van der Waals surface area contributed by atoms with E-state index in [2.05, 4.69) is 9.97 Å². The molecule has 2 rings (SSSR count). The lowest BCUT2D eigenvalue weighted by Crippen LogP contribution is -1.99. The molecule has 0 saturated heterocycles. The minimum atomic E-state index is -0.877. The highest BCUT2D eigenvalue weighted by Crippen LogP contribution is 2.28. The summed E-state index contributed by atoms with van der Waals surface area (Å²) < 4.78 is 13.7. The first-order chi connectivity index (χ1) is 9.06. The average Bonchev–Trinajstić information content (AvgIpc) is 2.37. The molecule has 0 aliphatic rings. The van der Waals surface area contributed by atoms with E-state index in [0.29, 0.717) is 11.3 Å². The SMILES string of the molecule is Cc1ncnc(Sc2ccc(CC(=O)O)cc2)c1F. The molecule has 19 heavy (non-hydrogen) atoms. The summed E-state index contributed by atoms with van der Waals surface area (Å²) in [6.45, 7) is 1.58. The zero-order valence-electron chi connectivity index (χ0n) is 10.1. The maximum Gasteiger partial charge on any atom is 0.307 e. The van der Waals surface area contributed by atoms with Crippen LogP contribution in [0.2, 0.25) is 0 Å². The van der Waals surface area contributed by atoms with E-state index >= 15 is 0 Å². The summed E-state index contributed by atoms with van der Waals surface area (Å²) >= 11 is 1.18. The molecular formula is C13H11FN2O2S. The number of nitrogens with zero attached hydrogens (tertiary/aromatic N) is 2. The van der Waals surface area contributed by atoms with E-state index in [9.17, 15) is 9.18 Å². The van der Waals surface area contributed by atoms with Gasteiger partial charge in [-0.15, -0.1) is 0 Å². The van der Waals surface area contributed by atoms with Crippen molar-refractivity contribution in [2.24, 2.45) is 0 Å². The predicted molar refractivity (Wildman–Crippen MR) is 68.6 cm³/mol. The summed E-state index contributed by atoms with van der Waals surface area (Å²) in [4.78, 5) is 19.0. The van der Waals surface area contributed by atoms with Crippen LogP contribution in [0.25, 0.3) is 0 Å². The fraction of sp³-hybridized carbons (Fsp3) is 0.154. The molecule has 0 saturated carbocycles. The third-order valence-electron chi connectivity index (χ3n) is 2.43. The molecular weight excluding hydrogens is 267 g/mol. The summed E-state index contributed by atoms with van der Waals surface area (Å²) in [6.07, 6.45) is 1.30. The third-order valence-corrected chi connectivity index (χ3v) is 3.41. The van der Waals surface area contributed by atoms with Crippen LogP contribution in [0.1, 0.15) is 11.3 Å². The number of hydrogen-bond donors (Lipinski definition) is 1. The normalized spacial score (nSPS) is 10.4. The Labute approximate surface area is 113 Å². The molecule has 0 amide bonds. The van der Waals surface area contributed by atoms with Crippen molar-refractivity contribution >= 4 is 17.7 Å². The third kappa shape index (κ3) is 3.51. The molecule has 0 spiro atoms. The summed E-state index contributed by atoms with van der Waals surface area (Å²) in [5.74, 6) is -1.31. The standard InChI is InChI=1S/C13H11FN2O2S/c1-8-12(14)13(16-7-15-8)19-10-4-2-9(3-5-10)6-11(17)18/h2-5,7H,6H2,1H3,(H,17,18). The highest BCUT2D eigenvalue weighted by molar-refractivity contribution is 7.99. The van der Waals surface area contributed by atoms with Crippen molar-refractivity contribution in [3.05, 3.63) is 47.7 Å². The summed E-state index contributed by atoms with van der Waals surface area (Å²) in [5, 5.41) is 8.93. The van der Waals surface area contributed by atoms with Gasteiger partial charge in [0.15, 0.2) is 5.82 Å². The minimum absolute atomic E-state index is 0.0219. The van der Waals surface area contributed by atoms with Gasteiger partial charge in [-0.3, -0.25) is 4.79 Å². The van der Waals surface area contributed by atoms with Gasteiger partial charge in [-0.1, -0.05) is 23.9 Å². The molecule has 0 aliphatic carbocycles. The second kappa shape index (κ2) is 5.79. The van der Waals surface area contributed by atoms with Crippen molar-refractivity contribution in [2.75, 3.05) is 0 Å². The van der Waals surface area contributed by atoms with E-state index in [-0.39, 0.29) is 11.4 Å². The number of carboxylic acids is 1. The van der Waals surface area contributed by atoms with Crippen LogP contribution in [-0.4, -0.2) is 21.0 Å².